The molecule has 0 aromatic heterocycles. The molecule has 1 aliphatic heterocycles. The first kappa shape index (κ1) is 15.4. The normalized spacial score (nSPS) is 23.5. The maximum atomic E-state index is 11.3. The largest absolute Gasteiger partial charge is 0.325 e. The average molecular weight is 335 g/mol. The molecule has 1 aliphatic rings. The monoisotopic (exact) mass is 335 g/mol. The molecule has 6 heteroatoms. The van der Waals surface area contributed by atoms with Crippen molar-refractivity contribution in [3.8, 4) is 0 Å². The van der Waals surface area contributed by atoms with Gasteiger partial charge >= 0.3 is 10.1 Å². The van der Waals surface area contributed by atoms with Gasteiger partial charge in [-0.05, 0) is 16.8 Å². The summed E-state index contributed by atoms with van der Waals surface area (Å²) in [6, 6.07) is 12.2. The first-order chi connectivity index (χ1) is 10.4. The Morgan fingerprint density at radius 1 is 1.14 bits per heavy atom. The zero-order valence-electron chi connectivity index (χ0n) is 12.6. The number of hydrogen-bond donors (Lipinski definition) is 0. The molecular weight excluding hydrogens is 318 g/mol. The molecule has 0 saturated heterocycles. The van der Waals surface area contributed by atoms with Crippen LogP contribution in [0.15, 0.2) is 46.4 Å². The Bertz CT molecular complexity index is 859. The van der Waals surface area contributed by atoms with Crippen molar-refractivity contribution in [3.05, 3.63) is 42.0 Å². The summed E-state index contributed by atoms with van der Waals surface area (Å²) in [5.41, 5.74) is 1.68. The van der Waals surface area contributed by atoms with Crippen LogP contribution in [0.25, 0.3) is 10.8 Å². The quantitative estimate of drug-likeness (QED) is 0.786. The van der Waals surface area contributed by atoms with Crippen molar-refractivity contribution in [1.82, 2.24) is 0 Å². The molecule has 0 aliphatic carbocycles. The highest BCUT2D eigenvalue weighted by Crippen LogP contribution is 2.41. The number of thioether (sulfide) groups is 1. The zero-order valence-corrected chi connectivity index (χ0v) is 14.2. The molecular formula is C16H17NO3S2. The average Bonchev–Trinajstić information content (AvgIpc) is 2.46. The van der Waals surface area contributed by atoms with Crippen LogP contribution in [0.4, 0.5) is 0 Å². The van der Waals surface area contributed by atoms with E-state index in [1.807, 2.05) is 31.2 Å². The van der Waals surface area contributed by atoms with E-state index >= 15 is 0 Å². The number of fused-ring (bicyclic) bond motifs is 3. The van der Waals surface area contributed by atoms with E-state index in [1.165, 1.54) is 0 Å². The highest BCUT2D eigenvalue weighted by atomic mass is 32.2. The van der Waals surface area contributed by atoms with Crippen molar-refractivity contribution >= 4 is 38.4 Å². The van der Waals surface area contributed by atoms with Crippen molar-refractivity contribution in [2.75, 3.05) is 6.26 Å². The Labute approximate surface area is 134 Å². The number of oxime groups is 1. The van der Waals surface area contributed by atoms with Crippen LogP contribution in [0.1, 0.15) is 19.4 Å². The van der Waals surface area contributed by atoms with Crippen LogP contribution in [0.2, 0.25) is 0 Å². The molecule has 0 amide bonds. The van der Waals surface area contributed by atoms with Crippen molar-refractivity contribution < 1.29 is 12.7 Å². The van der Waals surface area contributed by atoms with E-state index in [-0.39, 0.29) is 5.92 Å². The third-order valence-electron chi connectivity index (χ3n) is 3.87. The van der Waals surface area contributed by atoms with E-state index in [4.69, 9.17) is 4.28 Å². The van der Waals surface area contributed by atoms with Gasteiger partial charge in [0.2, 0.25) is 0 Å². The van der Waals surface area contributed by atoms with Gasteiger partial charge < -0.3 is 0 Å². The molecule has 3 rings (SSSR count). The second-order valence-corrected chi connectivity index (χ2v) is 8.50. The Kier molecular flexibility index (Phi) is 3.91. The molecule has 0 saturated carbocycles. The summed E-state index contributed by atoms with van der Waals surface area (Å²) >= 11 is 1.79. The fourth-order valence-electron chi connectivity index (χ4n) is 2.60. The van der Waals surface area contributed by atoms with E-state index < -0.39 is 10.1 Å². The molecule has 0 spiro atoms. The van der Waals surface area contributed by atoms with Gasteiger partial charge in [-0.3, -0.25) is 4.28 Å². The SMILES string of the molecule is CC1Sc2ccc3ccccc3c2/C(=N/OS(C)(=O)=O)C1C. The smallest absolute Gasteiger partial charge is 0.268 e. The van der Waals surface area contributed by atoms with Crippen molar-refractivity contribution in [3.63, 3.8) is 0 Å². The summed E-state index contributed by atoms with van der Waals surface area (Å²) < 4.78 is 27.4. The summed E-state index contributed by atoms with van der Waals surface area (Å²) in [7, 11) is -3.61. The van der Waals surface area contributed by atoms with E-state index in [2.05, 4.69) is 24.2 Å². The highest BCUT2D eigenvalue weighted by Gasteiger charge is 2.31. The van der Waals surface area contributed by atoms with Gasteiger partial charge in [0.25, 0.3) is 0 Å². The van der Waals surface area contributed by atoms with Gasteiger partial charge in [-0.15, -0.1) is 11.8 Å². The molecule has 1 heterocycles. The molecule has 22 heavy (non-hydrogen) atoms. The topological polar surface area (TPSA) is 55.7 Å². The lowest BCUT2D eigenvalue weighted by Crippen LogP contribution is -2.27. The highest BCUT2D eigenvalue weighted by molar-refractivity contribution is 8.00. The third-order valence-corrected chi connectivity index (χ3v) is 5.59. The van der Waals surface area contributed by atoms with E-state index in [1.54, 1.807) is 11.8 Å². The second-order valence-electron chi connectivity index (χ2n) is 5.53. The van der Waals surface area contributed by atoms with Crippen molar-refractivity contribution in [2.45, 2.75) is 24.0 Å². The predicted molar refractivity (Wildman–Crippen MR) is 90.9 cm³/mol. The summed E-state index contributed by atoms with van der Waals surface area (Å²) in [5, 5.41) is 6.47. The van der Waals surface area contributed by atoms with Crippen molar-refractivity contribution in [2.24, 2.45) is 11.1 Å². The molecule has 0 radical (unpaired) electrons. The first-order valence-electron chi connectivity index (χ1n) is 7.02. The maximum Gasteiger partial charge on any atom is 0.325 e. The van der Waals surface area contributed by atoms with Gasteiger partial charge in [-0.1, -0.05) is 49.3 Å². The summed E-state index contributed by atoms with van der Waals surface area (Å²) in [4.78, 5) is 1.11. The van der Waals surface area contributed by atoms with Gasteiger partial charge in [0.15, 0.2) is 0 Å². The van der Waals surface area contributed by atoms with Crippen LogP contribution in [0, 0.1) is 5.92 Å². The van der Waals surface area contributed by atoms with Gasteiger partial charge in [0, 0.05) is 21.6 Å². The lowest BCUT2D eigenvalue weighted by Gasteiger charge is -2.29. The second kappa shape index (κ2) is 5.59. The lowest BCUT2D eigenvalue weighted by molar-refractivity contribution is 0.340. The third kappa shape index (κ3) is 2.85. The molecule has 0 bridgehead atoms. The van der Waals surface area contributed by atoms with E-state index in [9.17, 15) is 8.42 Å². The fourth-order valence-corrected chi connectivity index (χ4v) is 4.03. The summed E-state index contributed by atoms with van der Waals surface area (Å²) in [5.74, 6) is 0.102. The predicted octanol–water partition coefficient (Wildman–Crippen LogP) is 3.65. The molecule has 2 aromatic rings. The van der Waals surface area contributed by atoms with Gasteiger partial charge in [0.1, 0.15) is 0 Å². The van der Waals surface area contributed by atoms with Crippen LogP contribution in [0.5, 0.6) is 0 Å². The minimum Gasteiger partial charge on any atom is -0.268 e. The number of nitrogens with zero attached hydrogens (tertiary/aromatic N) is 1. The fraction of sp³-hybridized carbons (Fsp3) is 0.312. The van der Waals surface area contributed by atoms with Crippen LogP contribution in [0.3, 0.4) is 0 Å². The van der Waals surface area contributed by atoms with Crippen LogP contribution < -0.4 is 0 Å². The van der Waals surface area contributed by atoms with E-state index in [0.29, 0.717) is 11.0 Å². The Morgan fingerprint density at radius 2 is 1.86 bits per heavy atom. The van der Waals surface area contributed by atoms with Crippen LogP contribution in [-0.2, 0) is 14.4 Å². The van der Waals surface area contributed by atoms with Gasteiger partial charge in [-0.2, -0.15) is 8.42 Å². The standard InChI is InChI=1S/C16H17NO3S2/c1-10-11(2)21-14-9-8-12-6-4-5-7-13(12)15(14)16(10)17-20-22(3,18)19/h4-11H,1-3H3/b17-16+. The van der Waals surface area contributed by atoms with Crippen LogP contribution >= 0.6 is 11.8 Å². The molecule has 0 fully saturated rings. The molecule has 2 aromatic carbocycles. The minimum atomic E-state index is -3.61. The number of rotatable bonds is 2. The van der Waals surface area contributed by atoms with E-state index in [0.717, 1.165) is 27.5 Å². The Balaban J connectivity index is 2.25. The maximum absolute atomic E-state index is 11.3. The Hall–Kier alpha value is -1.53. The number of benzene rings is 2. The summed E-state index contributed by atoms with van der Waals surface area (Å²) in [6.07, 6.45) is 1.01. The molecule has 0 N–H and O–H groups in total. The van der Waals surface area contributed by atoms with Crippen LogP contribution in [-0.4, -0.2) is 25.6 Å². The molecule has 116 valence electrons. The Morgan fingerprint density at radius 3 is 2.59 bits per heavy atom. The number of hydrogen-bond acceptors (Lipinski definition) is 5. The lowest BCUT2D eigenvalue weighted by atomic mass is 9.91. The zero-order chi connectivity index (χ0) is 15.9. The van der Waals surface area contributed by atoms with Crippen molar-refractivity contribution in [1.29, 1.82) is 0 Å². The van der Waals surface area contributed by atoms with Gasteiger partial charge in [-0.25, -0.2) is 0 Å². The minimum absolute atomic E-state index is 0.102. The summed E-state index contributed by atoms with van der Waals surface area (Å²) in [6.45, 7) is 4.16. The molecule has 4 nitrogen and oxygen atoms in total. The first-order valence-corrected chi connectivity index (χ1v) is 9.72. The molecule has 2 unspecified atom stereocenters. The molecule has 2 atom stereocenters. The van der Waals surface area contributed by atoms with Gasteiger partial charge in [0.05, 0.1) is 12.0 Å².